The number of hydrogen-bond acceptors (Lipinski definition) is 5. The smallest absolute Gasteiger partial charge is 0.260 e. The lowest BCUT2D eigenvalue weighted by atomic mass is 10.0. The Kier molecular flexibility index (Phi) is 5.26. The number of carbonyl (C=O) groups excluding carboxylic acids is 3. The number of benzene rings is 2. The van der Waals surface area contributed by atoms with Crippen molar-refractivity contribution in [3.8, 4) is 5.88 Å². The molecule has 0 unspecified atom stereocenters. The van der Waals surface area contributed by atoms with Gasteiger partial charge < -0.3 is 15.0 Å². The minimum Gasteiger partial charge on any atom is -0.481 e. The van der Waals surface area contributed by atoms with E-state index in [0.717, 1.165) is 5.56 Å². The van der Waals surface area contributed by atoms with Crippen LogP contribution < -0.4 is 15.0 Å². The number of carbonyl (C=O) groups is 3. The van der Waals surface area contributed by atoms with E-state index in [9.17, 15) is 14.4 Å². The van der Waals surface area contributed by atoms with Gasteiger partial charge in [0.25, 0.3) is 11.8 Å². The lowest BCUT2D eigenvalue weighted by molar-refractivity contribution is -0.116. The van der Waals surface area contributed by atoms with Crippen LogP contribution in [0, 0.1) is 0 Å². The fourth-order valence-electron chi connectivity index (χ4n) is 4.41. The molecule has 0 saturated carbocycles. The second-order valence-electron chi connectivity index (χ2n) is 7.89. The van der Waals surface area contributed by atoms with Crippen LogP contribution in [0.4, 0.5) is 11.4 Å². The van der Waals surface area contributed by atoms with Crippen LogP contribution in [0.15, 0.2) is 66.9 Å². The molecule has 2 aliphatic rings. The molecule has 0 aliphatic carbocycles. The average molecular weight is 442 g/mol. The SMILES string of the molecule is COc1ccc(NC(=O)CCCN2C(=O)c3ccccc3N3C(=O)c4ccccc4[C@H]23)cn1. The van der Waals surface area contributed by atoms with E-state index >= 15 is 0 Å². The zero-order chi connectivity index (χ0) is 22.9. The summed E-state index contributed by atoms with van der Waals surface area (Å²) >= 11 is 0. The van der Waals surface area contributed by atoms with Crippen molar-refractivity contribution in [2.75, 3.05) is 23.9 Å². The largest absolute Gasteiger partial charge is 0.481 e. The maximum atomic E-state index is 13.4. The first-order valence-corrected chi connectivity index (χ1v) is 10.7. The highest BCUT2D eigenvalue weighted by atomic mass is 16.5. The summed E-state index contributed by atoms with van der Waals surface area (Å²) in [5, 5.41) is 2.80. The third kappa shape index (κ3) is 3.59. The first-order valence-electron chi connectivity index (χ1n) is 10.7. The molecule has 1 aromatic heterocycles. The monoisotopic (exact) mass is 442 g/mol. The van der Waals surface area contributed by atoms with Gasteiger partial charge in [0.2, 0.25) is 11.8 Å². The van der Waals surface area contributed by atoms with Crippen LogP contribution in [0.25, 0.3) is 0 Å². The summed E-state index contributed by atoms with van der Waals surface area (Å²) < 4.78 is 5.02. The van der Waals surface area contributed by atoms with E-state index in [1.54, 1.807) is 46.2 Å². The molecule has 8 heteroatoms. The highest BCUT2D eigenvalue weighted by molar-refractivity contribution is 6.16. The number of hydrogen-bond donors (Lipinski definition) is 1. The lowest BCUT2D eigenvalue weighted by Gasteiger charge is -2.41. The highest BCUT2D eigenvalue weighted by Crippen LogP contribution is 2.45. The summed E-state index contributed by atoms with van der Waals surface area (Å²) in [5.41, 5.74) is 3.09. The topological polar surface area (TPSA) is 91.8 Å². The van der Waals surface area contributed by atoms with Crippen molar-refractivity contribution in [3.63, 3.8) is 0 Å². The Balaban J connectivity index is 1.33. The van der Waals surface area contributed by atoms with Gasteiger partial charge in [0, 0.05) is 30.2 Å². The van der Waals surface area contributed by atoms with Gasteiger partial charge >= 0.3 is 0 Å². The molecule has 2 aliphatic heterocycles. The molecule has 3 amide bonds. The van der Waals surface area contributed by atoms with E-state index in [1.807, 2.05) is 24.3 Å². The number of nitrogens with one attached hydrogen (secondary N) is 1. The van der Waals surface area contributed by atoms with Gasteiger partial charge in [-0.15, -0.1) is 0 Å². The second kappa shape index (κ2) is 8.38. The van der Waals surface area contributed by atoms with E-state index in [2.05, 4.69) is 10.3 Å². The number of aromatic nitrogens is 1. The third-order valence-corrected chi connectivity index (χ3v) is 5.91. The van der Waals surface area contributed by atoms with Gasteiger partial charge in [-0.25, -0.2) is 4.98 Å². The molecule has 1 N–H and O–H groups in total. The molecule has 3 heterocycles. The molecule has 0 fully saturated rings. The van der Waals surface area contributed by atoms with Crippen LogP contribution in [0.1, 0.15) is 45.3 Å². The number of ether oxygens (including phenoxy) is 1. The molecule has 8 nitrogen and oxygen atoms in total. The number of amides is 3. The van der Waals surface area contributed by atoms with Crippen LogP contribution in [-0.4, -0.2) is 41.3 Å². The van der Waals surface area contributed by atoms with E-state index in [4.69, 9.17) is 4.74 Å². The van der Waals surface area contributed by atoms with Crippen molar-refractivity contribution >= 4 is 29.1 Å². The Hall–Kier alpha value is -4.20. The molecule has 33 heavy (non-hydrogen) atoms. The summed E-state index contributed by atoms with van der Waals surface area (Å²) in [6.45, 7) is 0.338. The number of para-hydroxylation sites is 1. The first kappa shape index (κ1) is 20.7. The van der Waals surface area contributed by atoms with Gasteiger partial charge in [-0.1, -0.05) is 30.3 Å². The number of rotatable bonds is 6. The second-order valence-corrected chi connectivity index (χ2v) is 7.89. The average Bonchev–Trinajstić information content (AvgIpc) is 3.14. The fourth-order valence-corrected chi connectivity index (χ4v) is 4.41. The number of methoxy groups -OCH3 is 1. The summed E-state index contributed by atoms with van der Waals surface area (Å²) in [4.78, 5) is 46.4. The van der Waals surface area contributed by atoms with Crippen molar-refractivity contribution in [3.05, 3.63) is 83.6 Å². The Morgan fingerprint density at radius 2 is 1.76 bits per heavy atom. The van der Waals surface area contributed by atoms with Crippen LogP contribution in [0.5, 0.6) is 5.88 Å². The molecule has 2 aromatic carbocycles. The number of anilines is 2. The summed E-state index contributed by atoms with van der Waals surface area (Å²) in [6, 6.07) is 17.9. The quantitative estimate of drug-likeness (QED) is 0.630. The maximum absolute atomic E-state index is 13.4. The van der Waals surface area contributed by atoms with Gasteiger partial charge in [-0.05, 0) is 30.7 Å². The van der Waals surface area contributed by atoms with E-state index in [-0.39, 0.29) is 24.1 Å². The van der Waals surface area contributed by atoms with Crippen LogP contribution in [-0.2, 0) is 4.79 Å². The minimum atomic E-state index is -0.509. The molecule has 5 rings (SSSR count). The van der Waals surface area contributed by atoms with Crippen molar-refractivity contribution in [2.45, 2.75) is 19.0 Å². The predicted octanol–water partition coefficient (Wildman–Crippen LogP) is 3.62. The Morgan fingerprint density at radius 1 is 1.00 bits per heavy atom. The van der Waals surface area contributed by atoms with E-state index < -0.39 is 6.17 Å². The zero-order valence-electron chi connectivity index (χ0n) is 18.0. The minimum absolute atomic E-state index is 0.120. The molecule has 0 saturated heterocycles. The van der Waals surface area contributed by atoms with Crippen molar-refractivity contribution in [2.24, 2.45) is 0 Å². The van der Waals surface area contributed by atoms with Crippen LogP contribution in [0.2, 0.25) is 0 Å². The molecule has 1 atom stereocenters. The maximum Gasteiger partial charge on any atom is 0.260 e. The van der Waals surface area contributed by atoms with Crippen molar-refractivity contribution < 1.29 is 19.1 Å². The van der Waals surface area contributed by atoms with Crippen molar-refractivity contribution in [1.29, 1.82) is 0 Å². The molecular weight excluding hydrogens is 420 g/mol. The fraction of sp³-hybridized carbons (Fsp3) is 0.200. The predicted molar refractivity (Wildman–Crippen MR) is 122 cm³/mol. The Morgan fingerprint density at radius 3 is 2.52 bits per heavy atom. The Bertz CT molecular complexity index is 1240. The zero-order valence-corrected chi connectivity index (χ0v) is 18.0. The summed E-state index contributed by atoms with van der Waals surface area (Å²) in [5.74, 6) is 0.0285. The molecule has 0 radical (unpaired) electrons. The normalized spacial score (nSPS) is 16.2. The Labute approximate surface area is 190 Å². The van der Waals surface area contributed by atoms with E-state index in [0.29, 0.717) is 41.3 Å². The van der Waals surface area contributed by atoms with Crippen LogP contribution in [0.3, 0.4) is 0 Å². The number of fused-ring (bicyclic) bond motifs is 5. The number of nitrogens with zero attached hydrogens (tertiary/aromatic N) is 3. The summed E-state index contributed by atoms with van der Waals surface area (Å²) in [7, 11) is 1.53. The van der Waals surface area contributed by atoms with Crippen LogP contribution >= 0.6 is 0 Å². The molecule has 3 aromatic rings. The number of pyridine rings is 1. The lowest BCUT2D eigenvalue weighted by Crippen LogP contribution is -2.48. The highest BCUT2D eigenvalue weighted by Gasteiger charge is 2.47. The first-order chi connectivity index (χ1) is 16.1. The van der Waals surface area contributed by atoms with E-state index in [1.165, 1.54) is 13.3 Å². The third-order valence-electron chi connectivity index (χ3n) is 5.91. The molecule has 0 bridgehead atoms. The summed E-state index contributed by atoms with van der Waals surface area (Å²) in [6.07, 6.45) is 1.69. The van der Waals surface area contributed by atoms with Gasteiger partial charge in [0.15, 0.2) is 0 Å². The standard InChI is InChI=1S/C25H22N4O4/c1-33-22-13-12-16(15-26-22)27-21(30)11-6-14-28-23-17-7-2-3-8-18(17)25(32)29(23)20-10-5-4-9-19(20)24(28)31/h2-5,7-10,12-13,15,23H,6,11,14H2,1H3,(H,27,30)/t23-/m1/s1. The van der Waals surface area contributed by atoms with Gasteiger partial charge in [-0.3, -0.25) is 19.3 Å². The molecule has 0 spiro atoms. The molecular formula is C25H22N4O4. The van der Waals surface area contributed by atoms with Crippen molar-refractivity contribution in [1.82, 2.24) is 9.88 Å². The van der Waals surface area contributed by atoms with Gasteiger partial charge in [0.05, 0.1) is 30.2 Å². The molecule has 166 valence electrons. The van der Waals surface area contributed by atoms with Gasteiger partial charge in [0.1, 0.15) is 6.17 Å². The van der Waals surface area contributed by atoms with Gasteiger partial charge in [-0.2, -0.15) is 0 Å².